The molecular formula is C11H16BrN. The Bertz CT molecular complexity index is 269. The minimum atomic E-state index is -0.0541. The van der Waals surface area contributed by atoms with Crippen LogP contribution in [-0.4, -0.2) is 0 Å². The molecule has 72 valence electrons. The summed E-state index contributed by atoms with van der Waals surface area (Å²) in [4.78, 5) is -0.0541. The van der Waals surface area contributed by atoms with Crippen LogP contribution < -0.4 is 5.73 Å². The van der Waals surface area contributed by atoms with Crippen molar-refractivity contribution in [3.05, 3.63) is 35.4 Å². The highest BCUT2D eigenvalue weighted by atomic mass is 79.9. The summed E-state index contributed by atoms with van der Waals surface area (Å²) in [6.07, 6.45) is 0. The predicted molar refractivity (Wildman–Crippen MR) is 61.0 cm³/mol. The van der Waals surface area contributed by atoms with Gasteiger partial charge in [-0.25, -0.2) is 0 Å². The molecule has 0 aromatic heterocycles. The molecule has 0 aliphatic carbocycles. The molecule has 2 N–H and O–H groups in total. The number of nitrogens with two attached hydrogens (primary N) is 1. The van der Waals surface area contributed by atoms with Gasteiger partial charge in [-0.15, -0.1) is 0 Å². The molecule has 1 unspecified atom stereocenters. The van der Waals surface area contributed by atoms with E-state index in [9.17, 15) is 0 Å². The molecule has 0 saturated heterocycles. The van der Waals surface area contributed by atoms with Crippen molar-refractivity contribution in [2.24, 2.45) is 5.73 Å². The molecule has 13 heavy (non-hydrogen) atoms. The quantitative estimate of drug-likeness (QED) is 0.593. The molecule has 0 radical (unpaired) electrons. The van der Waals surface area contributed by atoms with Crippen molar-refractivity contribution in [2.45, 2.75) is 31.1 Å². The second kappa shape index (κ2) is 3.81. The second-order valence-corrected chi connectivity index (χ2v) is 5.26. The first-order chi connectivity index (χ1) is 5.91. The highest BCUT2D eigenvalue weighted by molar-refractivity contribution is 9.09. The average molecular weight is 242 g/mol. The summed E-state index contributed by atoms with van der Waals surface area (Å²) in [5.74, 6) is 0. The van der Waals surface area contributed by atoms with Gasteiger partial charge in [-0.3, -0.25) is 0 Å². The molecule has 0 amide bonds. The van der Waals surface area contributed by atoms with Crippen LogP contribution >= 0.6 is 15.9 Å². The summed E-state index contributed by atoms with van der Waals surface area (Å²) in [7, 11) is 0. The SMILES string of the molecule is CC(C)(C)c1ccc(C(N)Br)cc1. The third-order valence-corrected chi connectivity index (χ3v) is 2.62. The van der Waals surface area contributed by atoms with E-state index in [2.05, 4.69) is 61.0 Å². The topological polar surface area (TPSA) is 26.0 Å². The van der Waals surface area contributed by atoms with Crippen LogP contribution in [0.2, 0.25) is 0 Å². The van der Waals surface area contributed by atoms with Crippen LogP contribution in [0.4, 0.5) is 0 Å². The molecule has 1 aromatic carbocycles. The van der Waals surface area contributed by atoms with Crippen LogP contribution in [0.15, 0.2) is 24.3 Å². The number of halogens is 1. The summed E-state index contributed by atoms with van der Waals surface area (Å²) >= 11 is 3.34. The molecule has 0 aliphatic heterocycles. The van der Waals surface area contributed by atoms with Crippen LogP contribution in [-0.2, 0) is 5.41 Å². The first-order valence-corrected chi connectivity index (χ1v) is 5.33. The first-order valence-electron chi connectivity index (χ1n) is 4.41. The molecular weight excluding hydrogens is 226 g/mol. The van der Waals surface area contributed by atoms with E-state index in [1.165, 1.54) is 5.56 Å². The van der Waals surface area contributed by atoms with Crippen LogP contribution in [0.5, 0.6) is 0 Å². The van der Waals surface area contributed by atoms with Gasteiger partial charge >= 0.3 is 0 Å². The van der Waals surface area contributed by atoms with Crippen LogP contribution in [0, 0.1) is 0 Å². The molecule has 1 rings (SSSR count). The first kappa shape index (κ1) is 10.7. The molecule has 1 atom stereocenters. The fraction of sp³-hybridized carbons (Fsp3) is 0.455. The summed E-state index contributed by atoms with van der Waals surface area (Å²) in [5.41, 5.74) is 8.36. The smallest absolute Gasteiger partial charge is 0.0861 e. The minimum Gasteiger partial charge on any atom is -0.315 e. The van der Waals surface area contributed by atoms with Crippen LogP contribution in [0.3, 0.4) is 0 Å². The van der Waals surface area contributed by atoms with E-state index < -0.39 is 0 Å². The monoisotopic (exact) mass is 241 g/mol. The zero-order valence-corrected chi connectivity index (χ0v) is 9.93. The van der Waals surface area contributed by atoms with Gasteiger partial charge in [-0.05, 0) is 16.5 Å². The molecule has 1 nitrogen and oxygen atoms in total. The summed E-state index contributed by atoms with van der Waals surface area (Å²) in [6, 6.07) is 8.41. The molecule has 0 aliphatic rings. The van der Waals surface area contributed by atoms with Gasteiger partial charge in [0, 0.05) is 0 Å². The van der Waals surface area contributed by atoms with Crippen molar-refractivity contribution in [3.63, 3.8) is 0 Å². The van der Waals surface area contributed by atoms with Crippen LogP contribution in [0.25, 0.3) is 0 Å². The molecule has 2 heteroatoms. The van der Waals surface area contributed by atoms with Crippen molar-refractivity contribution < 1.29 is 0 Å². The van der Waals surface area contributed by atoms with E-state index >= 15 is 0 Å². The Morgan fingerprint density at radius 2 is 1.62 bits per heavy atom. The standard InChI is InChI=1S/C11H16BrN/c1-11(2,3)9-6-4-8(5-7-9)10(12)13/h4-7,10H,13H2,1-3H3. The van der Waals surface area contributed by atoms with Gasteiger partial charge in [0.1, 0.15) is 0 Å². The van der Waals surface area contributed by atoms with Gasteiger partial charge < -0.3 is 5.73 Å². The lowest BCUT2D eigenvalue weighted by molar-refractivity contribution is 0.590. The molecule has 1 aromatic rings. The van der Waals surface area contributed by atoms with Crippen molar-refractivity contribution >= 4 is 15.9 Å². The number of rotatable bonds is 1. The number of benzene rings is 1. The Morgan fingerprint density at radius 3 is 1.92 bits per heavy atom. The van der Waals surface area contributed by atoms with Gasteiger partial charge in [0.2, 0.25) is 0 Å². The fourth-order valence-electron chi connectivity index (χ4n) is 1.17. The van der Waals surface area contributed by atoms with E-state index in [1.807, 2.05) is 0 Å². The van der Waals surface area contributed by atoms with E-state index in [4.69, 9.17) is 5.73 Å². The highest BCUT2D eigenvalue weighted by Gasteiger charge is 2.13. The Kier molecular flexibility index (Phi) is 3.14. The van der Waals surface area contributed by atoms with E-state index in [-0.39, 0.29) is 10.4 Å². The van der Waals surface area contributed by atoms with Gasteiger partial charge in [0.25, 0.3) is 0 Å². The third kappa shape index (κ3) is 2.82. The Morgan fingerprint density at radius 1 is 1.15 bits per heavy atom. The maximum absolute atomic E-state index is 5.69. The minimum absolute atomic E-state index is 0.0541. The lowest BCUT2D eigenvalue weighted by Gasteiger charge is -2.19. The average Bonchev–Trinajstić information content (AvgIpc) is 2.03. The highest BCUT2D eigenvalue weighted by Crippen LogP contribution is 2.24. The van der Waals surface area contributed by atoms with Crippen molar-refractivity contribution in [2.75, 3.05) is 0 Å². The maximum atomic E-state index is 5.69. The maximum Gasteiger partial charge on any atom is 0.0861 e. The number of hydrogen-bond donors (Lipinski definition) is 1. The largest absolute Gasteiger partial charge is 0.315 e. The van der Waals surface area contributed by atoms with Gasteiger partial charge in [-0.1, -0.05) is 61.0 Å². The normalized spacial score (nSPS) is 14.2. The molecule has 0 bridgehead atoms. The number of hydrogen-bond acceptors (Lipinski definition) is 1. The Balaban J connectivity index is 2.94. The zero-order chi connectivity index (χ0) is 10.1. The second-order valence-electron chi connectivity index (χ2n) is 4.27. The fourth-order valence-corrected chi connectivity index (χ4v) is 1.47. The number of alkyl halides is 1. The lowest BCUT2D eigenvalue weighted by Crippen LogP contribution is -2.11. The van der Waals surface area contributed by atoms with Crippen molar-refractivity contribution in [1.29, 1.82) is 0 Å². The van der Waals surface area contributed by atoms with Crippen molar-refractivity contribution in [3.8, 4) is 0 Å². The van der Waals surface area contributed by atoms with E-state index in [0.717, 1.165) is 5.56 Å². The molecule has 0 heterocycles. The zero-order valence-electron chi connectivity index (χ0n) is 8.34. The summed E-state index contributed by atoms with van der Waals surface area (Å²) < 4.78 is 0. The third-order valence-electron chi connectivity index (χ3n) is 2.10. The Labute approximate surface area is 88.5 Å². The van der Waals surface area contributed by atoms with Crippen molar-refractivity contribution in [1.82, 2.24) is 0 Å². The van der Waals surface area contributed by atoms with E-state index in [0.29, 0.717) is 0 Å². The molecule has 0 saturated carbocycles. The van der Waals surface area contributed by atoms with Crippen LogP contribution in [0.1, 0.15) is 36.8 Å². The van der Waals surface area contributed by atoms with E-state index in [1.54, 1.807) is 0 Å². The van der Waals surface area contributed by atoms with Gasteiger partial charge in [0.05, 0.1) is 4.95 Å². The summed E-state index contributed by atoms with van der Waals surface area (Å²) in [5, 5.41) is 0. The summed E-state index contributed by atoms with van der Waals surface area (Å²) in [6.45, 7) is 6.61. The molecule has 0 fully saturated rings. The predicted octanol–water partition coefficient (Wildman–Crippen LogP) is 3.34. The Hall–Kier alpha value is -0.340. The molecule has 0 spiro atoms. The lowest BCUT2D eigenvalue weighted by atomic mass is 9.87. The van der Waals surface area contributed by atoms with Gasteiger partial charge in [-0.2, -0.15) is 0 Å². The van der Waals surface area contributed by atoms with Gasteiger partial charge in [0.15, 0.2) is 0 Å².